The Bertz CT molecular complexity index is 4930. The number of carboxylic acids is 1. The summed E-state index contributed by atoms with van der Waals surface area (Å²) in [7, 11) is 4.02. The van der Waals surface area contributed by atoms with E-state index in [0.717, 1.165) is 19.6 Å². The van der Waals surface area contributed by atoms with Crippen LogP contribution in [-0.4, -0.2) is 309 Å². The number of aliphatic carboxylic acids is 1. The van der Waals surface area contributed by atoms with Crippen molar-refractivity contribution in [3.05, 3.63) is 120 Å². The number of fused-ring (bicyclic) bond motifs is 2. The molecule has 0 bridgehead atoms. The van der Waals surface area contributed by atoms with E-state index in [0.29, 0.717) is 64.2 Å². The number of primary amides is 2. The number of imidazole rings is 1. The van der Waals surface area contributed by atoms with Crippen molar-refractivity contribution in [2.45, 2.75) is 215 Å². The number of aromatic hydroxyl groups is 1. The van der Waals surface area contributed by atoms with Gasteiger partial charge >= 0.3 is 5.97 Å². The molecule has 5 heterocycles. The SMILES string of the molecule is CCCC[C@@H](C(=O)N(C)[C@@H](CCCC)C(=O)N[C@@H](C)C(=O)N[C@@H](CS)C(=O)NCC(N)=O)N(C)C(=O)[C@H](Cc1c[nH]c2ccccc12)NC(=O)[C@H](CO)NC(=O)[C@H](Cc1c[nH]c2ccccc12)NC(=O)C1C[C@@H](O)CN1C(=O)[C@H](CC(=O)O)NC(=O)[C@H](Cc1cnc[nH]1)NC(=O)[C@@H]1CCCN1C(=O)[C@H](CC(N)=O)NC(=O)[C@H](C)N(C)C(=O)[C@@H](N)Cc1ccc(O)cc1. The van der Waals surface area contributed by atoms with Crippen molar-refractivity contribution in [3.63, 3.8) is 0 Å². The van der Waals surface area contributed by atoms with Crippen molar-refractivity contribution >= 4 is 135 Å². The smallest absolute Gasteiger partial charge is 0.305 e. The minimum atomic E-state index is -2.06. The average Bonchev–Trinajstić information content (AvgIpc) is 1.66. The van der Waals surface area contributed by atoms with Gasteiger partial charge in [-0.1, -0.05) is 88.1 Å². The monoisotopic (exact) mass is 1790 g/mol. The number of carboxylic acid groups (broad SMARTS) is 1. The lowest BCUT2D eigenvalue weighted by Crippen LogP contribution is -2.61. The molecule has 16 amide bonds. The second-order valence-electron chi connectivity index (χ2n) is 31.8. The van der Waals surface area contributed by atoms with E-state index in [1.165, 1.54) is 64.5 Å². The first kappa shape index (κ1) is 99.4. The maximum Gasteiger partial charge on any atom is 0.305 e. The van der Waals surface area contributed by atoms with Gasteiger partial charge in [-0.3, -0.25) is 81.5 Å². The Morgan fingerprint density at radius 2 is 1.09 bits per heavy atom. The zero-order valence-electron chi connectivity index (χ0n) is 71.6. The van der Waals surface area contributed by atoms with Gasteiger partial charge in [0.15, 0.2) is 0 Å². The summed E-state index contributed by atoms with van der Waals surface area (Å²) in [5.41, 5.74) is 20.0. The summed E-state index contributed by atoms with van der Waals surface area (Å²) in [6.07, 6.45) is 2.94. The standard InChI is InChI=1S/C84H115N21O21S/c1-8-10-21-64(77(119)93-44(3)71(113)100-63(42-127)73(115)91-39-69(87)110)102(6)84(126)66(22-11-9-2)103(7)81(123)59(31-48-37-90-56-20-15-13-18-53(48)56)97-76(118)62(41-106)99-74(116)57(30-47-36-89-55-19-14-12-17-52(47)55)94-79(121)67-33-51(108)40-105(67)83(125)61(35-70(111)112)98-75(117)58(32-49-38-88-43-92-49)95-78(120)65-23-16-28-104(65)82(124)60(34-68(86)109)96-72(114)45(4)101(5)80(122)54(85)29-46-24-26-50(107)27-25-46/h12-15,17-20,24-27,36-38,43-45,51,54,57-67,89-90,106-108,127H,8-11,16,21-23,28-35,39-42,85H2,1-7H3,(H2,86,109)(H2,87,110)(H,88,92)(H,91,115)(H,93,119)(H,94,121)(H,95,120)(H,96,114)(H,97,118)(H,98,117)(H,99,116)(H,100,113)(H,111,112)/t44-,45-,51+,54-,57-,58-,59-,60-,61-,62-,63-,64-,65-,66-,67?/m0/s1. The third kappa shape index (κ3) is 27.0. The highest BCUT2D eigenvalue weighted by atomic mass is 32.1. The summed E-state index contributed by atoms with van der Waals surface area (Å²) >= 11 is 4.14. The Balaban J connectivity index is 1.00. The Morgan fingerprint density at radius 1 is 0.559 bits per heavy atom. The fraction of sp³-hybridized carbons (Fsp3) is 0.500. The predicted octanol–water partition coefficient (Wildman–Crippen LogP) is -3.72. The fourth-order valence-corrected chi connectivity index (χ4v) is 15.5. The van der Waals surface area contributed by atoms with Crippen LogP contribution in [0.25, 0.3) is 21.8 Å². The number of β-amino-alcohol motifs (C(OH)–C–C–N with tert-alkyl or cyclic N) is 1. The maximum atomic E-state index is 15.5. The lowest BCUT2D eigenvalue weighted by molar-refractivity contribution is -0.149. The van der Waals surface area contributed by atoms with Crippen LogP contribution in [0, 0.1) is 0 Å². The molecule has 0 saturated carbocycles. The molecular formula is C84H115N21O21S. The van der Waals surface area contributed by atoms with E-state index in [4.69, 9.17) is 17.2 Å². The van der Waals surface area contributed by atoms with Crippen molar-refractivity contribution in [2.75, 3.05) is 53.1 Å². The number of rotatable bonds is 47. The van der Waals surface area contributed by atoms with Crippen LogP contribution < -0.4 is 65.1 Å². The van der Waals surface area contributed by atoms with Crippen molar-refractivity contribution in [3.8, 4) is 5.75 Å². The number of hydrogen-bond acceptors (Lipinski definition) is 23. The number of aliphatic hydroxyl groups excluding tert-OH is 2. The number of aromatic nitrogens is 4. The van der Waals surface area contributed by atoms with Gasteiger partial charge in [0.05, 0.1) is 44.5 Å². The Kier molecular flexibility index (Phi) is 36.6. The zero-order chi connectivity index (χ0) is 93.2. The Hall–Kier alpha value is -13.0. The number of phenolic OH excluding ortho intramolecular Hbond substituents is 1. The van der Waals surface area contributed by atoms with Gasteiger partial charge in [-0.2, -0.15) is 12.6 Å². The molecule has 688 valence electrons. The molecule has 127 heavy (non-hydrogen) atoms. The molecule has 2 saturated heterocycles. The van der Waals surface area contributed by atoms with Crippen LogP contribution in [0.3, 0.4) is 0 Å². The van der Waals surface area contributed by atoms with E-state index in [-0.39, 0.29) is 68.7 Å². The number of aliphatic hydroxyl groups is 2. The highest BCUT2D eigenvalue weighted by Crippen LogP contribution is 2.27. The fourth-order valence-electron chi connectivity index (χ4n) is 15.2. The molecule has 43 heteroatoms. The third-order valence-electron chi connectivity index (χ3n) is 22.5. The quantitative estimate of drug-likeness (QED) is 0.0163. The Morgan fingerprint density at radius 3 is 1.65 bits per heavy atom. The molecule has 1 unspecified atom stereocenters. The number of nitrogens with two attached hydrogens (primary N) is 3. The number of benzene rings is 3. The van der Waals surface area contributed by atoms with Gasteiger partial charge in [0.2, 0.25) is 94.5 Å². The summed E-state index contributed by atoms with van der Waals surface area (Å²) in [5, 5.41) is 66.4. The van der Waals surface area contributed by atoms with Gasteiger partial charge in [0, 0.05) is 112 Å². The first-order chi connectivity index (χ1) is 60.4. The predicted molar refractivity (Wildman–Crippen MR) is 462 cm³/mol. The molecule has 42 nitrogen and oxygen atoms in total. The molecule has 15 atom stereocenters. The molecule has 0 radical (unpaired) electrons. The molecule has 0 aliphatic carbocycles. The molecule has 6 aromatic rings. The zero-order valence-corrected chi connectivity index (χ0v) is 72.5. The molecule has 0 spiro atoms. The first-order valence-corrected chi connectivity index (χ1v) is 42.4. The van der Waals surface area contributed by atoms with Crippen molar-refractivity contribution in [2.24, 2.45) is 17.2 Å². The largest absolute Gasteiger partial charge is 0.508 e. The summed E-state index contributed by atoms with van der Waals surface area (Å²) in [6, 6.07) is -1.45. The number of para-hydroxylation sites is 2. The average molecular weight is 1790 g/mol. The van der Waals surface area contributed by atoms with Crippen LogP contribution in [0.1, 0.15) is 121 Å². The normalized spacial score (nSPS) is 17.1. The highest BCUT2D eigenvalue weighted by molar-refractivity contribution is 7.80. The van der Waals surface area contributed by atoms with Crippen LogP contribution in [0.5, 0.6) is 5.75 Å². The summed E-state index contributed by atoms with van der Waals surface area (Å²) in [4.78, 5) is 257. The maximum absolute atomic E-state index is 15.5. The van der Waals surface area contributed by atoms with E-state index in [9.17, 15) is 78.0 Å². The number of thiol groups is 1. The number of unbranched alkanes of at least 4 members (excludes halogenated alkanes) is 2. The lowest BCUT2D eigenvalue weighted by Gasteiger charge is -2.36. The molecule has 8 rings (SSSR count). The number of carbonyl (C=O) groups is 17. The first-order valence-electron chi connectivity index (χ1n) is 41.8. The van der Waals surface area contributed by atoms with Crippen LogP contribution in [0.4, 0.5) is 0 Å². The van der Waals surface area contributed by atoms with Crippen LogP contribution in [0.2, 0.25) is 0 Å². The highest BCUT2D eigenvalue weighted by Gasteiger charge is 2.47. The molecule has 3 aromatic heterocycles. The lowest BCUT2D eigenvalue weighted by atomic mass is 10.00. The number of nitrogens with one attached hydrogen (secondary N) is 12. The number of aromatic amines is 3. The van der Waals surface area contributed by atoms with E-state index in [1.54, 1.807) is 73.1 Å². The van der Waals surface area contributed by atoms with E-state index in [2.05, 4.69) is 80.4 Å². The molecule has 22 N–H and O–H groups in total. The van der Waals surface area contributed by atoms with Crippen molar-refractivity contribution < 1.29 is 102 Å². The molecule has 2 aliphatic heterocycles. The number of carbonyl (C=O) groups excluding carboxylic acids is 16. The topological polar surface area (TPSA) is 634 Å². The molecular weight excluding hydrogens is 1670 g/mol. The van der Waals surface area contributed by atoms with Gasteiger partial charge in [-0.15, -0.1) is 0 Å². The number of amides is 16. The van der Waals surface area contributed by atoms with Crippen LogP contribution in [-0.2, 0) is 107 Å². The number of likely N-dealkylation sites (tertiary alicyclic amines) is 2. The van der Waals surface area contributed by atoms with Gasteiger partial charge in [-0.05, 0) is 86.9 Å². The molecule has 2 fully saturated rings. The van der Waals surface area contributed by atoms with E-state index < -0.39 is 237 Å². The number of hydrogen-bond donors (Lipinski definition) is 20. The van der Waals surface area contributed by atoms with Gasteiger partial charge in [0.1, 0.15) is 84.3 Å². The number of nitrogens with zero attached hydrogens (tertiary/aromatic N) is 6. The molecule has 2 aliphatic rings. The molecule has 3 aromatic carbocycles. The van der Waals surface area contributed by atoms with Gasteiger partial charge in [-0.25, -0.2) is 4.98 Å². The summed E-state index contributed by atoms with van der Waals surface area (Å²) in [6.45, 7) is 4.00. The van der Waals surface area contributed by atoms with Crippen molar-refractivity contribution in [1.29, 1.82) is 0 Å². The van der Waals surface area contributed by atoms with E-state index in [1.807, 2.05) is 13.8 Å². The van der Waals surface area contributed by atoms with Gasteiger partial charge < -0.3 is 125 Å². The van der Waals surface area contributed by atoms with Gasteiger partial charge in [0.25, 0.3) is 0 Å². The number of likely N-dealkylation sites (N-methyl/N-ethyl adjacent to an activating group) is 3. The number of H-pyrrole nitrogens is 3. The minimum absolute atomic E-state index is 0.0114. The summed E-state index contributed by atoms with van der Waals surface area (Å²) < 4.78 is 0. The summed E-state index contributed by atoms with van der Waals surface area (Å²) in [5.74, 6) is -16.8. The Labute approximate surface area is 736 Å². The second kappa shape index (κ2) is 46.8. The number of phenols is 1. The van der Waals surface area contributed by atoms with Crippen molar-refractivity contribution in [1.82, 2.24) is 92.3 Å². The van der Waals surface area contributed by atoms with Crippen LogP contribution >= 0.6 is 12.6 Å². The minimum Gasteiger partial charge on any atom is -0.508 e. The van der Waals surface area contributed by atoms with Crippen LogP contribution in [0.15, 0.2) is 97.7 Å². The van der Waals surface area contributed by atoms with E-state index >= 15 is 24.0 Å². The third-order valence-corrected chi connectivity index (χ3v) is 22.9. The second-order valence-corrected chi connectivity index (χ2v) is 32.2.